The van der Waals surface area contributed by atoms with Gasteiger partial charge in [-0.25, -0.2) is 0 Å². The number of nitrogens with one attached hydrogen (secondary N) is 2. The van der Waals surface area contributed by atoms with Crippen LogP contribution in [0.3, 0.4) is 0 Å². The highest BCUT2D eigenvalue weighted by molar-refractivity contribution is 8.00. The molecule has 2 N–H and O–H groups in total. The summed E-state index contributed by atoms with van der Waals surface area (Å²) in [7, 11) is 0. The maximum absolute atomic E-state index is 12.0. The number of amides is 1. The average Bonchev–Trinajstić information content (AvgIpc) is 2.37. The van der Waals surface area contributed by atoms with Crippen LogP contribution < -0.4 is 10.6 Å². The first kappa shape index (κ1) is 19.1. The Morgan fingerprint density at radius 3 is 2.63 bits per heavy atom. The lowest BCUT2D eigenvalue weighted by Gasteiger charge is -2.34. The summed E-state index contributed by atoms with van der Waals surface area (Å²) in [6, 6.07) is 0. The maximum atomic E-state index is 12.0. The van der Waals surface area contributed by atoms with Crippen LogP contribution in [0.15, 0.2) is 0 Å². The number of halogens is 1. The van der Waals surface area contributed by atoms with E-state index in [1.54, 1.807) is 11.8 Å². The zero-order valence-electron chi connectivity index (χ0n) is 12.5. The van der Waals surface area contributed by atoms with Crippen LogP contribution in [-0.2, 0) is 4.79 Å². The number of hydrogen-bond donors (Lipinski definition) is 2. The molecule has 0 spiro atoms. The SMILES string of the molecule is CCCCSC(C)C(=O)NCC1(C)CCNCC1.Cl. The van der Waals surface area contributed by atoms with E-state index in [4.69, 9.17) is 0 Å². The van der Waals surface area contributed by atoms with Gasteiger partial charge in [0.15, 0.2) is 0 Å². The van der Waals surface area contributed by atoms with Gasteiger partial charge in [0.05, 0.1) is 5.25 Å². The van der Waals surface area contributed by atoms with Crippen LogP contribution in [0.2, 0.25) is 0 Å². The number of carbonyl (C=O) groups excluding carboxylic acids is 1. The van der Waals surface area contributed by atoms with E-state index in [-0.39, 0.29) is 29.0 Å². The number of thioether (sulfide) groups is 1. The third-order valence-corrected chi connectivity index (χ3v) is 4.97. The van der Waals surface area contributed by atoms with Crippen LogP contribution in [0.5, 0.6) is 0 Å². The highest BCUT2D eigenvalue weighted by Crippen LogP contribution is 2.26. The summed E-state index contributed by atoms with van der Waals surface area (Å²) in [5.41, 5.74) is 0.286. The van der Waals surface area contributed by atoms with Crippen LogP contribution in [0, 0.1) is 5.41 Å². The minimum atomic E-state index is 0. The van der Waals surface area contributed by atoms with Gasteiger partial charge in [-0.1, -0.05) is 20.3 Å². The smallest absolute Gasteiger partial charge is 0.232 e. The molecule has 19 heavy (non-hydrogen) atoms. The molecule has 0 saturated carbocycles. The Kier molecular flexibility index (Phi) is 9.93. The molecule has 1 amide bonds. The van der Waals surface area contributed by atoms with Crippen LogP contribution in [0.4, 0.5) is 0 Å². The molecule has 1 aliphatic rings. The van der Waals surface area contributed by atoms with E-state index < -0.39 is 0 Å². The summed E-state index contributed by atoms with van der Waals surface area (Å²) in [6.45, 7) is 9.46. The summed E-state index contributed by atoms with van der Waals surface area (Å²) in [4.78, 5) is 12.0. The highest BCUT2D eigenvalue weighted by atomic mass is 35.5. The first-order chi connectivity index (χ1) is 8.57. The monoisotopic (exact) mass is 308 g/mol. The zero-order chi connectivity index (χ0) is 13.4. The van der Waals surface area contributed by atoms with Crippen molar-refractivity contribution in [2.75, 3.05) is 25.4 Å². The Morgan fingerprint density at radius 1 is 1.42 bits per heavy atom. The van der Waals surface area contributed by atoms with Crippen LogP contribution >= 0.6 is 24.2 Å². The lowest BCUT2D eigenvalue weighted by atomic mass is 9.81. The van der Waals surface area contributed by atoms with E-state index in [1.807, 2.05) is 6.92 Å². The Morgan fingerprint density at radius 2 is 2.05 bits per heavy atom. The van der Waals surface area contributed by atoms with E-state index >= 15 is 0 Å². The van der Waals surface area contributed by atoms with Gasteiger partial charge >= 0.3 is 0 Å². The molecular formula is C14H29ClN2OS. The maximum Gasteiger partial charge on any atom is 0.232 e. The summed E-state index contributed by atoms with van der Waals surface area (Å²) in [5.74, 6) is 1.29. The molecule has 1 aliphatic heterocycles. The average molecular weight is 309 g/mol. The van der Waals surface area contributed by atoms with Crippen molar-refractivity contribution < 1.29 is 4.79 Å². The Labute approximate surface area is 128 Å². The summed E-state index contributed by atoms with van der Waals surface area (Å²) >= 11 is 1.77. The fourth-order valence-electron chi connectivity index (χ4n) is 2.13. The molecule has 0 aromatic carbocycles. The third-order valence-electron chi connectivity index (χ3n) is 3.74. The molecule has 0 aromatic heterocycles. The van der Waals surface area contributed by atoms with Crippen molar-refractivity contribution in [2.45, 2.75) is 51.7 Å². The second kappa shape index (κ2) is 9.89. The van der Waals surface area contributed by atoms with Crippen molar-refractivity contribution in [1.82, 2.24) is 10.6 Å². The molecule has 3 nitrogen and oxygen atoms in total. The summed E-state index contributed by atoms with van der Waals surface area (Å²) in [6.07, 6.45) is 4.72. The van der Waals surface area contributed by atoms with Gasteiger partial charge in [-0.05, 0) is 50.4 Å². The fraction of sp³-hybridized carbons (Fsp3) is 0.929. The predicted molar refractivity (Wildman–Crippen MR) is 87.3 cm³/mol. The number of carbonyl (C=O) groups is 1. The van der Waals surface area contributed by atoms with Crippen molar-refractivity contribution in [3.05, 3.63) is 0 Å². The molecule has 1 heterocycles. The van der Waals surface area contributed by atoms with Gasteiger partial charge < -0.3 is 10.6 Å². The Balaban J connectivity index is 0.00000324. The van der Waals surface area contributed by atoms with Gasteiger partial charge in [-0.15, -0.1) is 24.2 Å². The van der Waals surface area contributed by atoms with E-state index in [0.717, 1.165) is 38.2 Å². The second-order valence-corrected chi connectivity index (χ2v) is 7.09. The van der Waals surface area contributed by atoms with Crippen LogP contribution in [0.1, 0.15) is 46.5 Å². The summed E-state index contributed by atoms with van der Waals surface area (Å²) < 4.78 is 0. The van der Waals surface area contributed by atoms with Gasteiger partial charge in [0.1, 0.15) is 0 Å². The molecule has 0 aromatic rings. The second-order valence-electron chi connectivity index (χ2n) is 5.65. The largest absolute Gasteiger partial charge is 0.355 e. The van der Waals surface area contributed by atoms with Crippen molar-refractivity contribution in [3.63, 3.8) is 0 Å². The Bertz CT molecular complexity index is 258. The van der Waals surface area contributed by atoms with Gasteiger partial charge in [0.2, 0.25) is 5.91 Å². The van der Waals surface area contributed by atoms with Gasteiger partial charge in [-0.2, -0.15) is 0 Å². The van der Waals surface area contributed by atoms with E-state index in [0.29, 0.717) is 0 Å². The molecule has 1 saturated heterocycles. The van der Waals surface area contributed by atoms with Crippen molar-refractivity contribution in [3.8, 4) is 0 Å². The molecule has 0 radical (unpaired) electrons. The number of rotatable bonds is 7. The molecule has 0 bridgehead atoms. The van der Waals surface area contributed by atoms with E-state index in [2.05, 4.69) is 24.5 Å². The molecule has 1 unspecified atom stereocenters. The van der Waals surface area contributed by atoms with Crippen molar-refractivity contribution >= 4 is 30.1 Å². The van der Waals surface area contributed by atoms with Crippen molar-refractivity contribution in [1.29, 1.82) is 0 Å². The molecule has 114 valence electrons. The molecule has 1 fully saturated rings. The van der Waals surface area contributed by atoms with E-state index in [9.17, 15) is 4.79 Å². The number of unbranched alkanes of at least 4 members (excludes halogenated alkanes) is 1. The summed E-state index contributed by atoms with van der Waals surface area (Å²) in [5, 5.41) is 6.58. The molecule has 0 aliphatic carbocycles. The van der Waals surface area contributed by atoms with Gasteiger partial charge in [-0.3, -0.25) is 4.79 Å². The lowest BCUT2D eigenvalue weighted by Crippen LogP contribution is -2.44. The molecular weight excluding hydrogens is 280 g/mol. The van der Waals surface area contributed by atoms with Crippen LogP contribution in [0.25, 0.3) is 0 Å². The number of hydrogen-bond acceptors (Lipinski definition) is 3. The predicted octanol–water partition coefficient (Wildman–Crippen LogP) is 2.84. The standard InChI is InChI=1S/C14H28N2OS.ClH/c1-4-5-10-18-12(2)13(17)16-11-14(3)6-8-15-9-7-14;/h12,15H,4-11H2,1-3H3,(H,16,17);1H. The molecule has 5 heteroatoms. The van der Waals surface area contributed by atoms with Gasteiger partial charge in [0, 0.05) is 6.54 Å². The number of piperidine rings is 1. The van der Waals surface area contributed by atoms with Crippen molar-refractivity contribution in [2.24, 2.45) is 5.41 Å². The molecule has 1 rings (SSSR count). The quantitative estimate of drug-likeness (QED) is 0.711. The van der Waals surface area contributed by atoms with E-state index in [1.165, 1.54) is 12.8 Å². The van der Waals surface area contributed by atoms with Crippen LogP contribution in [-0.4, -0.2) is 36.5 Å². The highest BCUT2D eigenvalue weighted by Gasteiger charge is 2.27. The normalized spacial score (nSPS) is 19.3. The first-order valence-electron chi connectivity index (χ1n) is 7.17. The first-order valence-corrected chi connectivity index (χ1v) is 8.22. The third kappa shape index (κ3) is 7.42. The van der Waals surface area contributed by atoms with Gasteiger partial charge in [0.25, 0.3) is 0 Å². The minimum Gasteiger partial charge on any atom is -0.355 e. The molecule has 1 atom stereocenters. The Hall–Kier alpha value is 0.0700. The minimum absolute atomic E-state index is 0. The fourth-order valence-corrected chi connectivity index (χ4v) is 3.18. The zero-order valence-corrected chi connectivity index (χ0v) is 14.1. The lowest BCUT2D eigenvalue weighted by molar-refractivity contribution is -0.120. The topological polar surface area (TPSA) is 41.1 Å².